The van der Waals surface area contributed by atoms with Crippen LogP contribution in [0.3, 0.4) is 0 Å². The van der Waals surface area contributed by atoms with Gasteiger partial charge in [-0.1, -0.05) is 13.8 Å². The molecular formula is C17H29N5O4S. The van der Waals surface area contributed by atoms with Crippen LogP contribution < -0.4 is 16.4 Å². The summed E-state index contributed by atoms with van der Waals surface area (Å²) in [6.45, 7) is 3.83. The van der Waals surface area contributed by atoms with E-state index in [-0.39, 0.29) is 12.3 Å². The number of carbonyl (C=O) groups excluding carboxylic acids is 2. The lowest BCUT2D eigenvalue weighted by molar-refractivity contribution is -0.142. The molecule has 0 unspecified atom stereocenters. The summed E-state index contributed by atoms with van der Waals surface area (Å²) in [7, 11) is 0. The van der Waals surface area contributed by atoms with Crippen molar-refractivity contribution in [3.63, 3.8) is 0 Å². The Balaban J connectivity index is 2.73. The summed E-state index contributed by atoms with van der Waals surface area (Å²) in [5.41, 5.74) is 6.63. The van der Waals surface area contributed by atoms with Crippen LogP contribution in [-0.4, -0.2) is 63.0 Å². The van der Waals surface area contributed by atoms with E-state index in [4.69, 9.17) is 5.73 Å². The summed E-state index contributed by atoms with van der Waals surface area (Å²) in [6, 6.07) is -2.68. The van der Waals surface area contributed by atoms with Gasteiger partial charge in [0.2, 0.25) is 11.8 Å². The van der Waals surface area contributed by atoms with Crippen LogP contribution in [-0.2, 0) is 20.8 Å². The Kier molecular flexibility index (Phi) is 9.87. The van der Waals surface area contributed by atoms with Crippen molar-refractivity contribution in [3.8, 4) is 0 Å². The van der Waals surface area contributed by atoms with E-state index in [1.165, 1.54) is 18.1 Å². The number of carbonyl (C=O) groups is 3. The van der Waals surface area contributed by atoms with Crippen LogP contribution in [0.4, 0.5) is 0 Å². The molecule has 9 nitrogen and oxygen atoms in total. The lowest BCUT2D eigenvalue weighted by atomic mass is 10.0. The first kappa shape index (κ1) is 23.0. The molecule has 3 atom stereocenters. The van der Waals surface area contributed by atoms with Gasteiger partial charge in [-0.2, -0.15) is 11.8 Å². The van der Waals surface area contributed by atoms with Gasteiger partial charge < -0.3 is 26.5 Å². The second-order valence-corrected chi connectivity index (χ2v) is 7.74. The number of hydrogen-bond donors (Lipinski definition) is 5. The Morgan fingerprint density at radius 1 is 1.26 bits per heavy atom. The normalized spacial score (nSPS) is 14.4. The summed E-state index contributed by atoms with van der Waals surface area (Å²) in [5, 5.41) is 14.5. The number of imidazole rings is 1. The van der Waals surface area contributed by atoms with E-state index in [2.05, 4.69) is 20.6 Å². The van der Waals surface area contributed by atoms with Gasteiger partial charge in [-0.25, -0.2) is 9.78 Å². The molecule has 0 spiro atoms. The quantitative estimate of drug-likeness (QED) is 0.335. The molecule has 10 heteroatoms. The second-order valence-electron chi connectivity index (χ2n) is 6.76. The van der Waals surface area contributed by atoms with Crippen LogP contribution in [0.5, 0.6) is 0 Å². The average molecular weight is 400 g/mol. The molecule has 0 radical (unpaired) electrons. The average Bonchev–Trinajstić information content (AvgIpc) is 3.09. The first-order valence-electron chi connectivity index (χ1n) is 8.79. The van der Waals surface area contributed by atoms with Crippen molar-refractivity contribution < 1.29 is 19.5 Å². The van der Waals surface area contributed by atoms with Crippen molar-refractivity contribution in [2.45, 2.75) is 51.2 Å². The molecular weight excluding hydrogens is 370 g/mol. The van der Waals surface area contributed by atoms with E-state index in [0.29, 0.717) is 24.3 Å². The number of aromatic nitrogens is 2. The number of H-pyrrole nitrogens is 1. The van der Waals surface area contributed by atoms with E-state index in [0.717, 1.165) is 0 Å². The molecule has 27 heavy (non-hydrogen) atoms. The maximum absolute atomic E-state index is 12.6. The molecule has 1 aromatic heterocycles. The standard InChI is InChI=1S/C17H29N5O4S/c1-10(2)6-14(16(24)21-13(17(25)26)4-5-27-3)22-15(23)12(18)7-11-8-19-9-20-11/h8-10,12-14H,4-7,18H2,1-3H3,(H,19,20)(H,21,24)(H,22,23)(H,25,26)/t12-,13-,14-/m0/s1. The van der Waals surface area contributed by atoms with Crippen molar-refractivity contribution in [1.29, 1.82) is 0 Å². The highest BCUT2D eigenvalue weighted by Gasteiger charge is 2.28. The number of aromatic amines is 1. The molecule has 6 N–H and O–H groups in total. The molecule has 0 aliphatic heterocycles. The topological polar surface area (TPSA) is 150 Å². The number of nitrogens with zero attached hydrogens (tertiary/aromatic N) is 1. The first-order chi connectivity index (χ1) is 12.7. The zero-order valence-corrected chi connectivity index (χ0v) is 16.7. The zero-order chi connectivity index (χ0) is 20.4. The van der Waals surface area contributed by atoms with Crippen molar-refractivity contribution in [2.24, 2.45) is 11.7 Å². The van der Waals surface area contributed by atoms with Crippen molar-refractivity contribution in [2.75, 3.05) is 12.0 Å². The monoisotopic (exact) mass is 399 g/mol. The molecule has 0 fully saturated rings. The van der Waals surface area contributed by atoms with Gasteiger partial charge in [-0.3, -0.25) is 9.59 Å². The maximum Gasteiger partial charge on any atom is 0.326 e. The number of thioether (sulfide) groups is 1. The maximum atomic E-state index is 12.6. The number of carboxylic acid groups (broad SMARTS) is 1. The minimum absolute atomic E-state index is 0.124. The lowest BCUT2D eigenvalue weighted by Crippen LogP contribution is -2.55. The molecule has 0 saturated carbocycles. The largest absolute Gasteiger partial charge is 0.480 e. The van der Waals surface area contributed by atoms with Crippen molar-refractivity contribution in [3.05, 3.63) is 18.2 Å². The van der Waals surface area contributed by atoms with Gasteiger partial charge in [0, 0.05) is 18.3 Å². The summed E-state index contributed by atoms with van der Waals surface area (Å²) in [4.78, 5) is 43.1. The number of amides is 2. The molecule has 0 aromatic carbocycles. The summed E-state index contributed by atoms with van der Waals surface area (Å²) < 4.78 is 0. The van der Waals surface area contributed by atoms with Gasteiger partial charge in [-0.15, -0.1) is 0 Å². The Morgan fingerprint density at radius 2 is 1.93 bits per heavy atom. The number of nitrogens with one attached hydrogen (secondary N) is 3. The van der Waals surface area contributed by atoms with E-state index in [1.54, 1.807) is 6.20 Å². The van der Waals surface area contributed by atoms with Crippen LogP contribution in [0.25, 0.3) is 0 Å². The number of carboxylic acids is 1. The zero-order valence-electron chi connectivity index (χ0n) is 15.9. The molecule has 1 aromatic rings. The molecule has 0 bridgehead atoms. The van der Waals surface area contributed by atoms with Crippen LogP contribution in [0.15, 0.2) is 12.5 Å². The Hall–Kier alpha value is -2.07. The summed E-state index contributed by atoms with van der Waals surface area (Å²) in [5.74, 6) is -1.35. The molecule has 1 rings (SSSR count). The van der Waals surface area contributed by atoms with Gasteiger partial charge in [0.05, 0.1) is 12.4 Å². The molecule has 0 aliphatic rings. The highest BCUT2D eigenvalue weighted by atomic mass is 32.2. The minimum atomic E-state index is -1.09. The van der Waals surface area contributed by atoms with Crippen molar-refractivity contribution in [1.82, 2.24) is 20.6 Å². The fourth-order valence-electron chi connectivity index (χ4n) is 2.47. The highest BCUT2D eigenvalue weighted by Crippen LogP contribution is 2.08. The SMILES string of the molecule is CSCC[C@H](NC(=O)[C@H](CC(C)C)NC(=O)[C@@H](N)Cc1cnc[nH]1)C(=O)O. The van der Waals surface area contributed by atoms with Crippen LogP contribution in [0.2, 0.25) is 0 Å². The Labute approximate surface area is 163 Å². The summed E-state index contributed by atoms with van der Waals surface area (Å²) >= 11 is 1.50. The first-order valence-corrected chi connectivity index (χ1v) is 10.2. The van der Waals surface area contributed by atoms with Gasteiger partial charge in [0.25, 0.3) is 0 Å². The predicted octanol–water partition coefficient (Wildman–Crippen LogP) is 0.133. The smallest absolute Gasteiger partial charge is 0.326 e. The third kappa shape index (κ3) is 8.44. The fourth-order valence-corrected chi connectivity index (χ4v) is 2.94. The van der Waals surface area contributed by atoms with Gasteiger partial charge in [0.1, 0.15) is 12.1 Å². The van der Waals surface area contributed by atoms with E-state index in [9.17, 15) is 19.5 Å². The third-order valence-electron chi connectivity index (χ3n) is 3.90. The fraction of sp³-hybridized carbons (Fsp3) is 0.647. The lowest BCUT2D eigenvalue weighted by Gasteiger charge is -2.24. The minimum Gasteiger partial charge on any atom is -0.480 e. The molecule has 0 saturated heterocycles. The molecule has 2 amide bonds. The highest BCUT2D eigenvalue weighted by molar-refractivity contribution is 7.98. The number of hydrogen-bond acceptors (Lipinski definition) is 6. The third-order valence-corrected chi connectivity index (χ3v) is 4.54. The molecule has 152 valence electrons. The summed E-state index contributed by atoms with van der Waals surface area (Å²) in [6.07, 6.45) is 5.88. The van der Waals surface area contributed by atoms with Gasteiger partial charge in [-0.05, 0) is 30.8 Å². The Morgan fingerprint density at radius 3 is 2.44 bits per heavy atom. The van der Waals surface area contributed by atoms with E-state index < -0.39 is 35.9 Å². The number of nitrogens with two attached hydrogens (primary N) is 1. The molecule has 1 heterocycles. The van der Waals surface area contributed by atoms with Gasteiger partial charge in [0.15, 0.2) is 0 Å². The second kappa shape index (κ2) is 11.6. The van der Waals surface area contributed by atoms with Crippen molar-refractivity contribution >= 4 is 29.5 Å². The van der Waals surface area contributed by atoms with Crippen LogP contribution >= 0.6 is 11.8 Å². The predicted molar refractivity (Wildman–Crippen MR) is 104 cm³/mol. The number of rotatable bonds is 12. The van der Waals surface area contributed by atoms with E-state index in [1.807, 2.05) is 20.1 Å². The number of aliphatic carboxylic acids is 1. The molecule has 0 aliphatic carbocycles. The Bertz CT molecular complexity index is 608. The van der Waals surface area contributed by atoms with E-state index >= 15 is 0 Å². The van der Waals surface area contributed by atoms with Gasteiger partial charge >= 0.3 is 5.97 Å². The van der Waals surface area contributed by atoms with Crippen LogP contribution in [0.1, 0.15) is 32.4 Å². The van der Waals surface area contributed by atoms with Crippen LogP contribution in [0, 0.1) is 5.92 Å².